The second kappa shape index (κ2) is 8.06. The molecule has 0 amide bonds. The van der Waals surface area contributed by atoms with Crippen LogP contribution in [0.25, 0.3) is 5.70 Å². The number of hydrogen-bond acceptors (Lipinski definition) is 3. The van der Waals surface area contributed by atoms with E-state index in [1.807, 2.05) is 62.6 Å². The number of fused-ring (bicyclic) bond motifs is 1. The molecule has 0 bridgehead atoms. The standard InChI is InChI=1S/C23H18N2O2.HI/c1-15-10-12-25(13-11-15)21-20(24-17-7-5-6-16(2)14-17)22(26)18-8-3-4-9-19(18)23(21)27;/h3-14H,1-2H3;1H. The largest absolute Gasteiger partial charge is 1.00 e. The van der Waals surface area contributed by atoms with Gasteiger partial charge in [-0.3, -0.25) is 9.59 Å². The van der Waals surface area contributed by atoms with Gasteiger partial charge in [0.2, 0.25) is 5.78 Å². The van der Waals surface area contributed by atoms with Gasteiger partial charge in [-0.05, 0) is 37.1 Å². The number of nitrogens with one attached hydrogen (secondary N) is 1. The van der Waals surface area contributed by atoms with Crippen LogP contribution in [0.1, 0.15) is 31.8 Å². The molecule has 0 radical (unpaired) electrons. The topological polar surface area (TPSA) is 50.1 Å². The quantitative estimate of drug-likeness (QED) is 0.447. The molecule has 0 atom stereocenters. The van der Waals surface area contributed by atoms with Crippen molar-refractivity contribution in [3.05, 3.63) is 101 Å². The number of carbonyl (C=O) groups excluding carboxylic acids is 2. The van der Waals surface area contributed by atoms with Gasteiger partial charge in [0.05, 0.1) is 0 Å². The van der Waals surface area contributed by atoms with Crippen LogP contribution in [0, 0.1) is 13.8 Å². The number of benzene rings is 2. The Morgan fingerprint density at radius 2 is 1.39 bits per heavy atom. The number of Topliss-reactive ketones (excluding diaryl/α,β-unsaturated/α-hetero) is 2. The van der Waals surface area contributed by atoms with E-state index in [9.17, 15) is 9.59 Å². The fourth-order valence-electron chi connectivity index (χ4n) is 3.24. The van der Waals surface area contributed by atoms with Crippen LogP contribution in [0.3, 0.4) is 0 Å². The smallest absolute Gasteiger partial charge is 0.286 e. The van der Waals surface area contributed by atoms with E-state index in [4.69, 9.17) is 0 Å². The van der Waals surface area contributed by atoms with Crippen molar-refractivity contribution in [2.24, 2.45) is 0 Å². The molecule has 4 nitrogen and oxygen atoms in total. The minimum atomic E-state index is -0.185. The lowest BCUT2D eigenvalue weighted by atomic mass is 9.90. The summed E-state index contributed by atoms with van der Waals surface area (Å²) in [6.07, 6.45) is 3.61. The number of nitrogens with zero attached hydrogens (tertiary/aromatic N) is 1. The minimum absolute atomic E-state index is 0. The maximum Gasteiger partial charge on any atom is 0.286 e. The highest BCUT2D eigenvalue weighted by Gasteiger charge is 2.38. The number of aromatic nitrogens is 1. The van der Waals surface area contributed by atoms with Crippen molar-refractivity contribution < 1.29 is 38.1 Å². The molecule has 2 aromatic carbocycles. The number of carbonyl (C=O) groups is 2. The van der Waals surface area contributed by atoms with Crippen LogP contribution in [0.15, 0.2) is 78.8 Å². The van der Waals surface area contributed by atoms with E-state index in [1.165, 1.54) is 0 Å². The van der Waals surface area contributed by atoms with Gasteiger partial charge in [-0.25, -0.2) is 0 Å². The number of rotatable bonds is 3. The third kappa shape index (κ3) is 3.62. The van der Waals surface area contributed by atoms with Crippen LogP contribution in [0.5, 0.6) is 0 Å². The predicted molar refractivity (Wildman–Crippen MR) is 104 cm³/mol. The Balaban J connectivity index is 0.00000225. The first-order valence-electron chi connectivity index (χ1n) is 8.79. The van der Waals surface area contributed by atoms with Crippen LogP contribution < -0.4 is 33.9 Å². The summed E-state index contributed by atoms with van der Waals surface area (Å²) < 4.78 is 1.71. The minimum Gasteiger partial charge on any atom is -1.00 e. The summed E-state index contributed by atoms with van der Waals surface area (Å²) in [5, 5.41) is 3.19. The maximum atomic E-state index is 13.2. The highest BCUT2D eigenvalue weighted by molar-refractivity contribution is 6.36. The lowest BCUT2D eigenvalue weighted by Gasteiger charge is -2.18. The van der Waals surface area contributed by atoms with E-state index >= 15 is 0 Å². The van der Waals surface area contributed by atoms with Crippen LogP contribution in [-0.4, -0.2) is 11.6 Å². The second-order valence-electron chi connectivity index (χ2n) is 6.70. The summed E-state index contributed by atoms with van der Waals surface area (Å²) in [6, 6.07) is 18.5. The number of aryl methyl sites for hydroxylation is 2. The lowest BCUT2D eigenvalue weighted by molar-refractivity contribution is -0.577. The summed E-state index contributed by atoms with van der Waals surface area (Å²) in [7, 11) is 0. The monoisotopic (exact) mass is 482 g/mol. The van der Waals surface area contributed by atoms with Gasteiger partial charge in [-0.15, -0.1) is 0 Å². The van der Waals surface area contributed by atoms with Gasteiger partial charge in [0.15, 0.2) is 18.1 Å². The molecule has 140 valence electrons. The maximum absolute atomic E-state index is 13.2. The average molecular weight is 482 g/mol. The molecule has 0 saturated carbocycles. The van der Waals surface area contributed by atoms with E-state index in [-0.39, 0.29) is 41.2 Å². The number of anilines is 1. The zero-order valence-electron chi connectivity index (χ0n) is 15.6. The lowest BCUT2D eigenvalue weighted by Crippen LogP contribution is -3.00. The fraction of sp³-hybridized carbons (Fsp3) is 0.0870. The number of hydrogen-bond donors (Lipinski definition) is 1. The Hall–Kier alpha value is -2.80. The van der Waals surface area contributed by atoms with Crippen molar-refractivity contribution in [1.82, 2.24) is 0 Å². The van der Waals surface area contributed by atoms with Crippen molar-refractivity contribution in [2.75, 3.05) is 5.32 Å². The average Bonchev–Trinajstić information content (AvgIpc) is 2.67. The van der Waals surface area contributed by atoms with Gasteiger partial charge in [0.25, 0.3) is 11.5 Å². The molecule has 0 unspecified atom stereocenters. The van der Waals surface area contributed by atoms with Crippen molar-refractivity contribution in [1.29, 1.82) is 0 Å². The highest BCUT2D eigenvalue weighted by atomic mass is 127. The second-order valence-corrected chi connectivity index (χ2v) is 6.70. The molecule has 1 aromatic heterocycles. The Morgan fingerprint density at radius 3 is 2.04 bits per heavy atom. The van der Waals surface area contributed by atoms with Gasteiger partial charge < -0.3 is 29.3 Å². The summed E-state index contributed by atoms with van der Waals surface area (Å²) in [5.74, 6) is -0.357. The molecule has 1 heterocycles. The predicted octanol–water partition coefficient (Wildman–Crippen LogP) is 0.955. The first kappa shape index (κ1) is 19.9. The zero-order chi connectivity index (χ0) is 19.0. The van der Waals surface area contributed by atoms with Gasteiger partial charge in [-0.1, -0.05) is 36.4 Å². The van der Waals surface area contributed by atoms with Gasteiger partial charge in [-0.2, -0.15) is 4.57 Å². The molecule has 5 heteroatoms. The molecule has 0 spiro atoms. The normalized spacial score (nSPS) is 13.1. The first-order chi connectivity index (χ1) is 13.0. The SMILES string of the molecule is Cc1cc[n+](C2=C(Nc3cccc(C)c3)C(=O)c3ccccc3C2=O)cc1.[I-]. The Labute approximate surface area is 180 Å². The van der Waals surface area contributed by atoms with E-state index < -0.39 is 0 Å². The van der Waals surface area contributed by atoms with E-state index in [0.29, 0.717) is 16.8 Å². The molecule has 0 saturated heterocycles. The van der Waals surface area contributed by atoms with Crippen molar-refractivity contribution in [3.8, 4) is 0 Å². The molecule has 3 aromatic rings. The Morgan fingerprint density at radius 1 is 0.750 bits per heavy atom. The van der Waals surface area contributed by atoms with E-state index in [0.717, 1.165) is 16.8 Å². The van der Waals surface area contributed by atoms with Gasteiger partial charge in [0, 0.05) is 28.9 Å². The summed E-state index contributed by atoms with van der Waals surface area (Å²) >= 11 is 0. The Kier molecular flexibility index (Phi) is 5.74. The van der Waals surface area contributed by atoms with Crippen LogP contribution in [-0.2, 0) is 0 Å². The number of allylic oxidation sites excluding steroid dienone is 2. The third-order valence-corrected chi connectivity index (χ3v) is 4.64. The highest BCUT2D eigenvalue weighted by Crippen LogP contribution is 2.27. The number of halogens is 1. The first-order valence-corrected chi connectivity index (χ1v) is 8.79. The molecule has 4 rings (SSSR count). The molecular weight excluding hydrogens is 463 g/mol. The van der Waals surface area contributed by atoms with Crippen molar-refractivity contribution in [3.63, 3.8) is 0 Å². The van der Waals surface area contributed by atoms with Gasteiger partial charge >= 0.3 is 0 Å². The zero-order valence-corrected chi connectivity index (χ0v) is 17.7. The molecule has 1 N–H and O–H groups in total. The van der Waals surface area contributed by atoms with Crippen molar-refractivity contribution >= 4 is 23.0 Å². The molecule has 1 aliphatic rings. The molecular formula is C23H19IN2O2. The number of pyridine rings is 1. The summed E-state index contributed by atoms with van der Waals surface area (Å²) in [5.41, 5.74) is 4.40. The Bertz CT molecular complexity index is 1100. The molecule has 0 fully saturated rings. The van der Waals surface area contributed by atoms with Crippen molar-refractivity contribution in [2.45, 2.75) is 13.8 Å². The van der Waals surface area contributed by atoms with Crippen LogP contribution in [0.4, 0.5) is 5.69 Å². The van der Waals surface area contributed by atoms with E-state index in [1.54, 1.807) is 28.8 Å². The van der Waals surface area contributed by atoms with Gasteiger partial charge in [0.1, 0.15) is 0 Å². The number of ketones is 2. The molecule has 0 aliphatic heterocycles. The van der Waals surface area contributed by atoms with Crippen LogP contribution in [0.2, 0.25) is 0 Å². The summed E-state index contributed by atoms with van der Waals surface area (Å²) in [4.78, 5) is 26.5. The fourth-order valence-corrected chi connectivity index (χ4v) is 3.24. The van der Waals surface area contributed by atoms with Crippen LogP contribution >= 0.6 is 0 Å². The van der Waals surface area contributed by atoms with E-state index in [2.05, 4.69) is 5.32 Å². The summed E-state index contributed by atoms with van der Waals surface area (Å²) in [6.45, 7) is 3.96. The molecule has 28 heavy (non-hydrogen) atoms. The third-order valence-electron chi connectivity index (χ3n) is 4.64. The molecule has 1 aliphatic carbocycles.